The third kappa shape index (κ3) is 4.58. The summed E-state index contributed by atoms with van der Waals surface area (Å²) in [7, 11) is 2.02. The highest BCUT2D eigenvalue weighted by Crippen LogP contribution is 2.35. The standard InChI is InChI=1S/C19H24N4OS/c1-6-8-23(5)12-21-17-9-14(4)18(10-13(17)3)24-19-15(11-20)16(7-2)22-25-19/h9-10,12H,6-8H2,1-5H3/b21-12-. The van der Waals surface area contributed by atoms with E-state index in [-0.39, 0.29) is 0 Å². The fraction of sp³-hybridized carbons (Fsp3) is 0.421. The van der Waals surface area contributed by atoms with Gasteiger partial charge in [-0.1, -0.05) is 13.8 Å². The Morgan fingerprint density at radius 1 is 1.32 bits per heavy atom. The van der Waals surface area contributed by atoms with Gasteiger partial charge in [0.2, 0.25) is 5.06 Å². The van der Waals surface area contributed by atoms with Gasteiger partial charge in [-0.05, 0) is 49.9 Å². The summed E-state index contributed by atoms with van der Waals surface area (Å²) < 4.78 is 10.3. The van der Waals surface area contributed by atoms with E-state index in [0.29, 0.717) is 10.6 Å². The van der Waals surface area contributed by atoms with Gasteiger partial charge in [-0.25, -0.2) is 4.99 Å². The largest absolute Gasteiger partial charge is 0.443 e. The molecule has 0 N–H and O–H groups in total. The summed E-state index contributed by atoms with van der Waals surface area (Å²) >= 11 is 1.23. The lowest BCUT2D eigenvalue weighted by atomic mass is 10.1. The molecule has 6 heteroatoms. The van der Waals surface area contributed by atoms with Crippen molar-refractivity contribution in [1.29, 1.82) is 5.26 Å². The van der Waals surface area contributed by atoms with E-state index in [0.717, 1.165) is 47.6 Å². The number of aryl methyl sites for hydroxylation is 3. The van der Waals surface area contributed by atoms with Gasteiger partial charge in [0, 0.05) is 25.1 Å². The zero-order chi connectivity index (χ0) is 18.4. The van der Waals surface area contributed by atoms with Gasteiger partial charge >= 0.3 is 0 Å². The molecule has 132 valence electrons. The maximum absolute atomic E-state index is 9.34. The Bertz CT molecular complexity index is 804. The molecule has 0 aliphatic heterocycles. The molecule has 25 heavy (non-hydrogen) atoms. The van der Waals surface area contributed by atoms with E-state index in [4.69, 9.17) is 4.74 Å². The van der Waals surface area contributed by atoms with Gasteiger partial charge in [0.15, 0.2) is 0 Å². The number of hydrogen-bond donors (Lipinski definition) is 0. The van der Waals surface area contributed by atoms with Crippen LogP contribution in [0.1, 0.15) is 42.7 Å². The number of rotatable bonds is 7. The lowest BCUT2D eigenvalue weighted by molar-refractivity contribution is 0.490. The van der Waals surface area contributed by atoms with Crippen LogP contribution in [-0.4, -0.2) is 29.2 Å². The van der Waals surface area contributed by atoms with Crippen LogP contribution in [0.25, 0.3) is 0 Å². The Morgan fingerprint density at radius 3 is 2.72 bits per heavy atom. The molecule has 1 aromatic carbocycles. The van der Waals surface area contributed by atoms with Gasteiger partial charge in [-0.15, -0.1) is 0 Å². The van der Waals surface area contributed by atoms with E-state index >= 15 is 0 Å². The highest BCUT2D eigenvalue weighted by Gasteiger charge is 2.15. The van der Waals surface area contributed by atoms with Crippen molar-refractivity contribution in [2.45, 2.75) is 40.5 Å². The van der Waals surface area contributed by atoms with Crippen molar-refractivity contribution in [3.05, 3.63) is 34.5 Å². The van der Waals surface area contributed by atoms with Gasteiger partial charge < -0.3 is 9.64 Å². The van der Waals surface area contributed by atoms with Crippen LogP contribution in [0.3, 0.4) is 0 Å². The van der Waals surface area contributed by atoms with Gasteiger partial charge in [0.05, 0.1) is 17.7 Å². The van der Waals surface area contributed by atoms with Crippen molar-refractivity contribution in [1.82, 2.24) is 9.27 Å². The fourth-order valence-electron chi connectivity index (χ4n) is 2.42. The molecule has 0 atom stereocenters. The second-order valence-electron chi connectivity index (χ2n) is 5.99. The molecule has 5 nitrogen and oxygen atoms in total. The normalized spacial score (nSPS) is 10.9. The number of ether oxygens (including phenoxy) is 1. The molecule has 0 fully saturated rings. The van der Waals surface area contributed by atoms with E-state index < -0.39 is 0 Å². The van der Waals surface area contributed by atoms with E-state index in [9.17, 15) is 5.26 Å². The summed E-state index contributed by atoms with van der Waals surface area (Å²) in [5, 5.41) is 9.90. The van der Waals surface area contributed by atoms with Crippen molar-refractivity contribution in [2.24, 2.45) is 4.99 Å². The Morgan fingerprint density at radius 2 is 2.08 bits per heavy atom. The van der Waals surface area contributed by atoms with E-state index in [2.05, 4.69) is 27.3 Å². The van der Waals surface area contributed by atoms with Gasteiger partial charge in [-0.3, -0.25) is 0 Å². The first-order chi connectivity index (χ1) is 12.0. The summed E-state index contributed by atoms with van der Waals surface area (Å²) in [4.78, 5) is 6.64. The average Bonchev–Trinajstić information content (AvgIpc) is 2.98. The Balaban J connectivity index is 2.26. The summed E-state index contributed by atoms with van der Waals surface area (Å²) in [6, 6.07) is 6.17. The first-order valence-corrected chi connectivity index (χ1v) is 9.19. The van der Waals surface area contributed by atoms with Gasteiger partial charge in [0.1, 0.15) is 17.4 Å². The maximum Gasteiger partial charge on any atom is 0.218 e. The molecule has 2 aromatic rings. The molecule has 0 aliphatic carbocycles. The minimum absolute atomic E-state index is 0.535. The minimum Gasteiger partial charge on any atom is -0.443 e. The third-order valence-corrected chi connectivity index (χ3v) is 4.61. The number of benzene rings is 1. The summed E-state index contributed by atoms with van der Waals surface area (Å²) in [6.45, 7) is 9.10. The van der Waals surface area contributed by atoms with Crippen LogP contribution in [0, 0.1) is 25.2 Å². The van der Waals surface area contributed by atoms with E-state index in [1.807, 2.05) is 46.3 Å². The molecule has 0 spiro atoms. The molecule has 1 heterocycles. The van der Waals surface area contributed by atoms with Crippen LogP contribution < -0.4 is 4.74 Å². The molecule has 1 aromatic heterocycles. The summed E-state index contributed by atoms with van der Waals surface area (Å²) in [5.74, 6) is 0.737. The number of hydrogen-bond acceptors (Lipinski definition) is 5. The van der Waals surface area contributed by atoms with Gasteiger partial charge in [0.25, 0.3) is 0 Å². The molecular formula is C19H24N4OS. The summed E-state index contributed by atoms with van der Waals surface area (Å²) in [5.41, 5.74) is 4.25. The first-order valence-electron chi connectivity index (χ1n) is 8.42. The Kier molecular flexibility index (Phi) is 6.54. The van der Waals surface area contributed by atoms with E-state index in [1.54, 1.807) is 0 Å². The molecule has 0 saturated heterocycles. The average molecular weight is 356 g/mol. The van der Waals surface area contributed by atoms with Crippen molar-refractivity contribution in [3.8, 4) is 16.9 Å². The van der Waals surface area contributed by atoms with E-state index in [1.165, 1.54) is 11.5 Å². The number of nitrogens with zero attached hydrogens (tertiary/aromatic N) is 4. The smallest absolute Gasteiger partial charge is 0.218 e. The van der Waals surface area contributed by atoms with Crippen LogP contribution >= 0.6 is 11.5 Å². The molecule has 0 aliphatic rings. The molecule has 0 unspecified atom stereocenters. The van der Waals surface area contributed by atoms with Gasteiger partial charge in [-0.2, -0.15) is 9.64 Å². The van der Waals surface area contributed by atoms with Crippen molar-refractivity contribution >= 4 is 23.6 Å². The van der Waals surface area contributed by atoms with Crippen molar-refractivity contribution in [3.63, 3.8) is 0 Å². The SMILES string of the molecule is CCCN(C)/C=N\c1cc(C)c(Oc2snc(CC)c2C#N)cc1C. The van der Waals surface area contributed by atoms with Crippen LogP contribution in [0.15, 0.2) is 17.1 Å². The highest BCUT2D eigenvalue weighted by atomic mass is 32.1. The second kappa shape index (κ2) is 8.63. The number of aliphatic imine (C=N–C) groups is 1. The zero-order valence-corrected chi connectivity index (χ0v) is 16.3. The molecule has 0 radical (unpaired) electrons. The molecular weight excluding hydrogens is 332 g/mol. The topological polar surface area (TPSA) is 61.5 Å². The number of nitriles is 1. The maximum atomic E-state index is 9.34. The highest BCUT2D eigenvalue weighted by molar-refractivity contribution is 7.08. The fourth-order valence-corrected chi connectivity index (χ4v) is 3.22. The molecule has 0 bridgehead atoms. The molecule has 0 saturated carbocycles. The lowest BCUT2D eigenvalue weighted by Crippen LogP contribution is -2.16. The minimum atomic E-state index is 0.535. The van der Waals surface area contributed by atoms with Crippen LogP contribution in [0.5, 0.6) is 10.8 Å². The lowest BCUT2D eigenvalue weighted by Gasteiger charge is -2.13. The van der Waals surface area contributed by atoms with Crippen LogP contribution in [-0.2, 0) is 6.42 Å². The zero-order valence-electron chi connectivity index (χ0n) is 15.5. The van der Waals surface area contributed by atoms with Crippen LogP contribution in [0.4, 0.5) is 5.69 Å². The number of aromatic nitrogens is 1. The quantitative estimate of drug-likeness (QED) is 0.518. The predicted octanol–water partition coefficient (Wildman–Crippen LogP) is 4.99. The monoisotopic (exact) mass is 356 g/mol. The molecule has 2 rings (SSSR count). The van der Waals surface area contributed by atoms with Crippen LogP contribution in [0.2, 0.25) is 0 Å². The van der Waals surface area contributed by atoms with Crippen molar-refractivity contribution in [2.75, 3.05) is 13.6 Å². The predicted molar refractivity (Wildman–Crippen MR) is 103 cm³/mol. The van der Waals surface area contributed by atoms with Crippen molar-refractivity contribution < 1.29 is 4.74 Å². The second-order valence-corrected chi connectivity index (χ2v) is 6.72. The summed E-state index contributed by atoms with van der Waals surface area (Å²) in [6.07, 6.45) is 3.67. The molecule has 0 amide bonds. The Labute approximate surface area is 153 Å². The third-order valence-electron chi connectivity index (χ3n) is 3.84. The first kappa shape index (κ1) is 18.9. The Hall–Kier alpha value is -2.39.